The van der Waals surface area contributed by atoms with Gasteiger partial charge in [-0.15, -0.1) is 0 Å². The van der Waals surface area contributed by atoms with Crippen LogP contribution < -0.4 is 18.9 Å². The zero-order chi connectivity index (χ0) is 32.0. The third-order valence-electron chi connectivity index (χ3n) is 13.5. The Morgan fingerprint density at radius 3 is 1.50 bits per heavy atom. The summed E-state index contributed by atoms with van der Waals surface area (Å²) in [5.41, 5.74) is 1.47. The summed E-state index contributed by atoms with van der Waals surface area (Å²) in [5, 5.41) is 23.5. The molecule has 8 atom stereocenters. The Morgan fingerprint density at radius 2 is 1.11 bits per heavy atom. The number of hydrogen-bond acceptors (Lipinski definition) is 10. The van der Waals surface area contributed by atoms with Crippen LogP contribution in [0.1, 0.15) is 60.8 Å². The van der Waals surface area contributed by atoms with Crippen molar-refractivity contribution in [2.24, 2.45) is 0 Å². The van der Waals surface area contributed by atoms with E-state index < -0.39 is 34.2 Å². The maximum atomic E-state index is 12.7. The molecule has 2 aromatic carbocycles. The number of carbonyl (C=O) groups excluding carboxylic acids is 2. The summed E-state index contributed by atoms with van der Waals surface area (Å²) in [6.07, 6.45) is 3.79. The number of aliphatic hydroxyl groups is 2. The first-order valence-corrected chi connectivity index (χ1v) is 16.7. The molecule has 2 spiro atoms. The van der Waals surface area contributed by atoms with Gasteiger partial charge >= 0.3 is 0 Å². The van der Waals surface area contributed by atoms with E-state index in [1.54, 1.807) is 14.2 Å². The fourth-order valence-electron chi connectivity index (χ4n) is 11.4. The molecule has 2 saturated heterocycles. The number of nitrogens with zero attached hydrogens (tertiary/aromatic N) is 2. The molecule has 10 rings (SSSR count). The van der Waals surface area contributed by atoms with Crippen molar-refractivity contribution >= 4 is 11.6 Å². The number of rotatable bonds is 2. The lowest BCUT2D eigenvalue weighted by Gasteiger charge is -2.62. The largest absolute Gasteiger partial charge is 0.493 e. The van der Waals surface area contributed by atoms with Crippen LogP contribution in [0.2, 0.25) is 0 Å². The van der Waals surface area contributed by atoms with Crippen LogP contribution in [0.4, 0.5) is 0 Å². The molecule has 2 N–H and O–H groups in total. The lowest BCUT2D eigenvalue weighted by molar-refractivity contribution is -0.185. The second-order valence-electron chi connectivity index (χ2n) is 14.9. The summed E-state index contributed by atoms with van der Waals surface area (Å²) in [6, 6.07) is 8.09. The van der Waals surface area contributed by atoms with Crippen LogP contribution in [0.5, 0.6) is 23.0 Å². The molecule has 0 aromatic heterocycles. The summed E-state index contributed by atoms with van der Waals surface area (Å²) in [4.78, 5) is 29.8. The number of Topliss-reactive ketones (excluding diaryl/α,β-unsaturated/α-hetero) is 2. The summed E-state index contributed by atoms with van der Waals surface area (Å²) < 4.78 is 23.3. The van der Waals surface area contributed by atoms with Crippen LogP contribution in [0, 0.1) is 0 Å². The van der Waals surface area contributed by atoms with Crippen molar-refractivity contribution in [2.45, 2.75) is 97.7 Å². The van der Waals surface area contributed by atoms with E-state index in [1.165, 1.54) is 11.1 Å². The smallest absolute Gasteiger partial charge is 0.174 e. The summed E-state index contributed by atoms with van der Waals surface area (Å²) in [5.74, 6) is 2.94. The zero-order valence-electron chi connectivity index (χ0n) is 26.9. The fourth-order valence-corrected chi connectivity index (χ4v) is 11.4. The number of ether oxygens (including phenoxy) is 4. The van der Waals surface area contributed by atoms with E-state index in [9.17, 15) is 19.8 Å². The molecule has 0 radical (unpaired) electrons. The van der Waals surface area contributed by atoms with Crippen molar-refractivity contribution in [2.75, 3.05) is 41.4 Å². The highest BCUT2D eigenvalue weighted by atomic mass is 16.5. The number of ketones is 2. The maximum Gasteiger partial charge on any atom is 0.174 e. The average Bonchev–Trinajstić information content (AvgIpc) is 3.59. The van der Waals surface area contributed by atoms with E-state index in [4.69, 9.17) is 18.9 Å². The first-order chi connectivity index (χ1) is 22.1. The third kappa shape index (κ3) is 3.09. The second-order valence-corrected chi connectivity index (χ2v) is 14.9. The van der Waals surface area contributed by atoms with E-state index in [-0.39, 0.29) is 23.7 Å². The number of methoxy groups -OCH3 is 2. The van der Waals surface area contributed by atoms with Crippen LogP contribution in [-0.4, -0.2) is 108 Å². The fraction of sp³-hybridized carbons (Fsp3) is 0.611. The van der Waals surface area contributed by atoms with Crippen molar-refractivity contribution in [1.29, 1.82) is 0 Å². The van der Waals surface area contributed by atoms with E-state index in [0.29, 0.717) is 48.7 Å². The topological polar surface area (TPSA) is 118 Å². The van der Waals surface area contributed by atoms with Crippen molar-refractivity contribution in [3.05, 3.63) is 46.5 Å². The van der Waals surface area contributed by atoms with Crippen molar-refractivity contribution in [3.63, 3.8) is 0 Å². The van der Waals surface area contributed by atoms with Crippen LogP contribution in [0.25, 0.3) is 0 Å². The Labute approximate surface area is 268 Å². The molecule has 0 amide bonds. The average molecular weight is 631 g/mol. The quantitative estimate of drug-likeness (QED) is 0.511. The molecule has 4 fully saturated rings. The van der Waals surface area contributed by atoms with Crippen LogP contribution in [0.3, 0.4) is 0 Å². The molecule has 4 aliphatic carbocycles. The predicted molar refractivity (Wildman–Crippen MR) is 166 cm³/mol. The monoisotopic (exact) mass is 630 g/mol. The number of carbonyl (C=O) groups is 2. The molecule has 4 bridgehead atoms. The van der Waals surface area contributed by atoms with Gasteiger partial charge in [-0.2, -0.15) is 0 Å². The normalized spacial score (nSPS) is 40.6. The Kier molecular flexibility index (Phi) is 5.83. The number of piperidine rings is 2. The maximum absolute atomic E-state index is 12.7. The Bertz CT molecular complexity index is 1590. The number of likely N-dealkylation sites (tertiary alicyclic amines) is 2. The molecular formula is C36H42N2O8. The van der Waals surface area contributed by atoms with Gasteiger partial charge in [0.25, 0.3) is 0 Å². The van der Waals surface area contributed by atoms with E-state index in [0.717, 1.165) is 49.9 Å². The van der Waals surface area contributed by atoms with Crippen molar-refractivity contribution in [1.82, 2.24) is 9.80 Å². The van der Waals surface area contributed by atoms with Crippen LogP contribution in [-0.2, 0) is 33.3 Å². The molecule has 10 heteroatoms. The minimum absolute atomic E-state index is 0.0438. The molecule has 46 heavy (non-hydrogen) atoms. The summed E-state index contributed by atoms with van der Waals surface area (Å²) in [6.45, 7) is 1.74. The molecule has 2 aromatic rings. The number of benzene rings is 2. The van der Waals surface area contributed by atoms with Gasteiger partial charge < -0.3 is 39.0 Å². The van der Waals surface area contributed by atoms with Gasteiger partial charge in [-0.1, -0.05) is 12.1 Å². The van der Waals surface area contributed by atoms with E-state index in [1.807, 2.05) is 12.1 Å². The summed E-state index contributed by atoms with van der Waals surface area (Å²) >= 11 is 0. The first-order valence-electron chi connectivity index (χ1n) is 16.7. The molecule has 244 valence electrons. The Hall–Kier alpha value is -3.18. The van der Waals surface area contributed by atoms with Gasteiger partial charge in [-0.3, -0.25) is 9.59 Å². The highest BCUT2D eigenvalue weighted by Gasteiger charge is 2.74. The second kappa shape index (κ2) is 9.24. The van der Waals surface area contributed by atoms with E-state index >= 15 is 0 Å². The van der Waals surface area contributed by atoms with Crippen molar-refractivity contribution in [3.8, 4) is 23.0 Å². The van der Waals surface area contributed by atoms with Gasteiger partial charge in [0, 0.05) is 36.1 Å². The predicted octanol–water partition coefficient (Wildman–Crippen LogP) is 2.10. The molecule has 8 aliphatic rings. The molecular weight excluding hydrogens is 588 g/mol. The zero-order valence-corrected chi connectivity index (χ0v) is 26.9. The highest BCUT2D eigenvalue weighted by Crippen LogP contribution is 2.66. The third-order valence-corrected chi connectivity index (χ3v) is 13.5. The molecule has 2 saturated carbocycles. The Balaban J connectivity index is 0.000000127. The van der Waals surface area contributed by atoms with Crippen LogP contribution in [0.15, 0.2) is 24.3 Å². The molecule has 4 heterocycles. The number of likely N-dealkylation sites (N-methyl/N-ethyl adjacent to an activating group) is 2. The number of hydrogen-bond donors (Lipinski definition) is 2. The standard InChI is InChI=1S/2C18H21NO4/c2*1-19-8-7-17-14-10-3-4-12(22-2)15(14)23-16(17)11(20)5-6-18(17,21)13(19)9-10/h2*3-4,13,16,21H,5-9H2,1-2H3/t13-,16?,17+,18-;13-,16+,17+,18-/m11/s1. The Morgan fingerprint density at radius 1 is 0.696 bits per heavy atom. The van der Waals surface area contributed by atoms with Crippen molar-refractivity contribution < 1.29 is 38.7 Å². The van der Waals surface area contributed by atoms with Gasteiger partial charge in [-0.25, -0.2) is 0 Å². The minimum Gasteiger partial charge on any atom is -0.493 e. The lowest BCUT2D eigenvalue weighted by Crippen LogP contribution is -2.76. The lowest BCUT2D eigenvalue weighted by atomic mass is 9.49. The van der Waals surface area contributed by atoms with Gasteiger partial charge in [-0.05, 0) is 89.0 Å². The SMILES string of the molecule is COc1ccc2c3c1OC1C(=O)CC[C@@]4(O)[C@@H](C2)N(C)CC[C@]314.COc1ccc2c3c1O[C@H]1C(=O)CC[C@@]4(O)[C@@H](C2)N(C)CC[C@]314. The molecule has 4 aliphatic heterocycles. The molecule has 10 nitrogen and oxygen atoms in total. The van der Waals surface area contributed by atoms with E-state index in [2.05, 4.69) is 36.0 Å². The van der Waals surface area contributed by atoms with Gasteiger partial charge in [0.2, 0.25) is 0 Å². The summed E-state index contributed by atoms with van der Waals surface area (Å²) in [7, 11) is 7.39. The van der Waals surface area contributed by atoms with Gasteiger partial charge in [0.1, 0.15) is 0 Å². The van der Waals surface area contributed by atoms with Gasteiger partial charge in [0.15, 0.2) is 46.8 Å². The minimum atomic E-state index is -0.900. The van der Waals surface area contributed by atoms with Crippen LogP contribution >= 0.6 is 0 Å². The van der Waals surface area contributed by atoms with Gasteiger partial charge in [0.05, 0.1) is 36.3 Å². The first kappa shape index (κ1) is 29.0. The molecule has 1 unspecified atom stereocenters. The highest BCUT2D eigenvalue weighted by molar-refractivity contribution is 5.91.